The molecule has 0 saturated heterocycles. The van der Waals surface area contributed by atoms with E-state index in [4.69, 9.17) is 0 Å². The minimum absolute atomic E-state index is 0.0509. The minimum Gasteiger partial charge on any atom is -0.319 e. The van der Waals surface area contributed by atoms with Crippen LogP contribution >= 0.6 is 22.7 Å². The van der Waals surface area contributed by atoms with Crippen LogP contribution in [0.1, 0.15) is 65.8 Å². The summed E-state index contributed by atoms with van der Waals surface area (Å²) in [5.74, 6) is 0.0350. The van der Waals surface area contributed by atoms with Crippen molar-refractivity contribution in [1.82, 2.24) is 4.98 Å². The molecule has 22 heavy (non-hydrogen) atoms. The molecule has 0 aliphatic carbocycles. The summed E-state index contributed by atoms with van der Waals surface area (Å²) in [4.78, 5) is 18.2. The zero-order chi connectivity index (χ0) is 16.5. The van der Waals surface area contributed by atoms with Crippen molar-refractivity contribution in [3.8, 4) is 6.07 Å². The molecule has 1 amide bonds. The Morgan fingerprint density at radius 1 is 1.41 bits per heavy atom. The molecule has 0 fully saturated rings. The van der Waals surface area contributed by atoms with E-state index in [0.29, 0.717) is 22.2 Å². The van der Waals surface area contributed by atoms with E-state index in [-0.39, 0.29) is 11.3 Å². The molecule has 2 aromatic heterocycles. The molecule has 0 aliphatic heterocycles. The van der Waals surface area contributed by atoms with Gasteiger partial charge >= 0.3 is 0 Å². The molecule has 0 aromatic carbocycles. The quantitative estimate of drug-likeness (QED) is 0.881. The molecule has 0 radical (unpaired) electrons. The normalized spacial score (nSPS) is 11.5. The van der Waals surface area contributed by atoms with Gasteiger partial charge in [-0.05, 0) is 11.5 Å². The third kappa shape index (κ3) is 3.54. The number of thiazole rings is 1. The number of thiophene rings is 1. The molecular formula is C16H19N3OS2. The number of hydrogen-bond donors (Lipinski definition) is 1. The maximum atomic E-state index is 12.3. The van der Waals surface area contributed by atoms with Gasteiger partial charge < -0.3 is 5.32 Å². The van der Waals surface area contributed by atoms with Crippen LogP contribution in [0.3, 0.4) is 0 Å². The first kappa shape index (κ1) is 16.7. The number of anilines is 1. The third-order valence-electron chi connectivity index (χ3n) is 3.07. The lowest BCUT2D eigenvalue weighted by molar-refractivity contribution is 0.102. The predicted molar refractivity (Wildman–Crippen MR) is 91.9 cm³/mol. The lowest BCUT2D eigenvalue weighted by atomic mass is 9.94. The van der Waals surface area contributed by atoms with Crippen LogP contribution in [-0.2, 0) is 5.41 Å². The Kier molecular flexibility index (Phi) is 4.69. The SMILES string of the molecule is CC(C)c1nc(C(=O)Nc2cc(C(C)(C)C)sc2C#N)cs1. The standard InChI is InChI=1S/C16H19N3OS2/c1-9(2)15-19-11(8-21-15)14(20)18-10-6-13(16(3,4)5)22-12(10)7-17/h6,8-9H,1-5H3,(H,18,20). The van der Waals surface area contributed by atoms with Gasteiger partial charge in [0.15, 0.2) is 0 Å². The van der Waals surface area contributed by atoms with E-state index in [1.54, 1.807) is 5.38 Å². The smallest absolute Gasteiger partial charge is 0.275 e. The molecule has 0 unspecified atom stereocenters. The summed E-state index contributed by atoms with van der Waals surface area (Å²) < 4.78 is 0. The van der Waals surface area contributed by atoms with Crippen LogP contribution in [0.2, 0.25) is 0 Å². The Bertz CT molecular complexity index is 729. The van der Waals surface area contributed by atoms with Gasteiger partial charge in [0.05, 0.1) is 10.7 Å². The first-order chi connectivity index (χ1) is 10.2. The number of carbonyl (C=O) groups excluding carboxylic acids is 1. The number of nitrogens with one attached hydrogen (secondary N) is 1. The molecule has 4 nitrogen and oxygen atoms in total. The van der Waals surface area contributed by atoms with Gasteiger partial charge in [0.1, 0.15) is 16.6 Å². The van der Waals surface area contributed by atoms with Crippen LogP contribution in [0, 0.1) is 11.3 Å². The molecule has 0 spiro atoms. The molecule has 1 N–H and O–H groups in total. The average Bonchev–Trinajstić information content (AvgIpc) is 3.04. The second-order valence-corrected chi connectivity index (χ2v) is 8.34. The van der Waals surface area contributed by atoms with Crippen LogP contribution < -0.4 is 5.32 Å². The van der Waals surface area contributed by atoms with Crippen molar-refractivity contribution in [3.05, 3.63) is 31.9 Å². The van der Waals surface area contributed by atoms with Crippen molar-refractivity contribution < 1.29 is 4.79 Å². The van der Waals surface area contributed by atoms with Crippen molar-refractivity contribution in [2.45, 2.75) is 46.0 Å². The molecule has 0 atom stereocenters. The summed E-state index contributed by atoms with van der Waals surface area (Å²) in [5.41, 5.74) is 0.924. The van der Waals surface area contributed by atoms with Gasteiger partial charge in [-0.25, -0.2) is 4.98 Å². The Labute approximate surface area is 138 Å². The predicted octanol–water partition coefficient (Wildman–Crippen LogP) is 4.75. The summed E-state index contributed by atoms with van der Waals surface area (Å²) in [6, 6.07) is 4.04. The van der Waals surface area contributed by atoms with E-state index in [9.17, 15) is 10.1 Å². The Hall–Kier alpha value is -1.71. The first-order valence-corrected chi connectivity index (χ1v) is 8.73. The highest BCUT2D eigenvalue weighted by Gasteiger charge is 2.21. The zero-order valence-electron chi connectivity index (χ0n) is 13.4. The summed E-state index contributed by atoms with van der Waals surface area (Å²) in [5, 5.41) is 14.8. The second kappa shape index (κ2) is 6.19. The highest BCUT2D eigenvalue weighted by molar-refractivity contribution is 7.13. The number of nitriles is 1. The fourth-order valence-corrected chi connectivity index (χ4v) is 3.56. The van der Waals surface area contributed by atoms with Crippen LogP contribution in [0.15, 0.2) is 11.4 Å². The van der Waals surface area contributed by atoms with Gasteiger partial charge in [0.2, 0.25) is 0 Å². The summed E-state index contributed by atoms with van der Waals surface area (Å²) in [7, 11) is 0. The maximum absolute atomic E-state index is 12.3. The highest BCUT2D eigenvalue weighted by Crippen LogP contribution is 2.35. The van der Waals surface area contributed by atoms with Crippen molar-refractivity contribution in [2.75, 3.05) is 5.32 Å². The van der Waals surface area contributed by atoms with Crippen molar-refractivity contribution in [3.63, 3.8) is 0 Å². The number of hydrogen-bond acceptors (Lipinski definition) is 5. The highest BCUT2D eigenvalue weighted by atomic mass is 32.1. The zero-order valence-corrected chi connectivity index (χ0v) is 15.0. The molecule has 2 heterocycles. The van der Waals surface area contributed by atoms with Gasteiger partial charge in [-0.1, -0.05) is 34.6 Å². The summed E-state index contributed by atoms with van der Waals surface area (Å²) >= 11 is 2.90. The Balaban J connectivity index is 2.24. The van der Waals surface area contributed by atoms with Gasteiger partial charge in [-0.2, -0.15) is 5.26 Å². The fraction of sp³-hybridized carbons (Fsp3) is 0.438. The lowest BCUT2D eigenvalue weighted by Gasteiger charge is -2.14. The van der Waals surface area contributed by atoms with E-state index in [0.717, 1.165) is 9.88 Å². The molecule has 116 valence electrons. The minimum atomic E-state index is -0.266. The summed E-state index contributed by atoms with van der Waals surface area (Å²) in [6.45, 7) is 10.3. The lowest BCUT2D eigenvalue weighted by Crippen LogP contribution is -2.13. The van der Waals surface area contributed by atoms with Gasteiger partial charge in [-0.3, -0.25) is 4.79 Å². The molecular weight excluding hydrogens is 314 g/mol. The topological polar surface area (TPSA) is 65.8 Å². The van der Waals surface area contributed by atoms with Crippen LogP contribution in [0.25, 0.3) is 0 Å². The maximum Gasteiger partial charge on any atom is 0.275 e. The molecule has 0 bridgehead atoms. The van der Waals surface area contributed by atoms with Crippen LogP contribution in [0.5, 0.6) is 0 Å². The molecule has 2 rings (SSSR count). The van der Waals surface area contributed by atoms with E-state index in [1.165, 1.54) is 22.7 Å². The van der Waals surface area contributed by atoms with E-state index in [2.05, 4.69) is 37.1 Å². The number of nitrogens with zero attached hydrogens (tertiary/aromatic N) is 2. The second-order valence-electron chi connectivity index (χ2n) is 6.40. The van der Waals surface area contributed by atoms with Crippen LogP contribution in [0.4, 0.5) is 5.69 Å². The largest absolute Gasteiger partial charge is 0.319 e. The molecule has 6 heteroatoms. The third-order valence-corrected chi connectivity index (χ3v) is 5.68. The number of amides is 1. The van der Waals surface area contributed by atoms with Crippen molar-refractivity contribution in [2.24, 2.45) is 0 Å². The Morgan fingerprint density at radius 3 is 2.59 bits per heavy atom. The molecule has 2 aromatic rings. The number of rotatable bonds is 3. The molecule has 0 saturated carbocycles. The van der Waals surface area contributed by atoms with E-state index < -0.39 is 0 Å². The van der Waals surface area contributed by atoms with E-state index >= 15 is 0 Å². The number of carbonyl (C=O) groups is 1. The first-order valence-electron chi connectivity index (χ1n) is 7.03. The van der Waals surface area contributed by atoms with Gasteiger partial charge in [-0.15, -0.1) is 22.7 Å². The number of aromatic nitrogens is 1. The Morgan fingerprint density at radius 2 is 2.09 bits per heavy atom. The van der Waals surface area contributed by atoms with Gasteiger partial charge in [0.25, 0.3) is 5.91 Å². The average molecular weight is 333 g/mol. The fourth-order valence-electron chi connectivity index (χ4n) is 1.78. The van der Waals surface area contributed by atoms with Crippen molar-refractivity contribution in [1.29, 1.82) is 5.26 Å². The summed E-state index contributed by atoms with van der Waals surface area (Å²) in [6.07, 6.45) is 0. The van der Waals surface area contributed by atoms with Gasteiger partial charge in [0, 0.05) is 16.2 Å². The van der Waals surface area contributed by atoms with E-state index in [1.807, 2.05) is 19.9 Å². The molecule has 0 aliphatic rings. The van der Waals surface area contributed by atoms with Crippen molar-refractivity contribution >= 4 is 34.3 Å². The monoisotopic (exact) mass is 333 g/mol. The van der Waals surface area contributed by atoms with Crippen LogP contribution in [-0.4, -0.2) is 10.9 Å².